The molecule has 1 aromatic rings. The smallest absolute Gasteiger partial charge is 0.414 e. The molecular formula is C20H27FN2O7S. The Bertz CT molecular complexity index is 962. The first kappa shape index (κ1) is 22.3. The Morgan fingerprint density at radius 2 is 1.97 bits per heavy atom. The van der Waals surface area contributed by atoms with E-state index in [1.54, 1.807) is 12.1 Å². The normalized spacial score (nSPS) is 25.3. The molecule has 4 rings (SSSR count). The van der Waals surface area contributed by atoms with Gasteiger partial charge in [0.1, 0.15) is 18.5 Å². The minimum absolute atomic E-state index is 0.0705. The number of nitrogens with zero attached hydrogens (tertiary/aromatic N) is 2. The van der Waals surface area contributed by atoms with Crippen LogP contribution < -0.4 is 9.80 Å². The van der Waals surface area contributed by atoms with Gasteiger partial charge in [-0.3, -0.25) is 9.08 Å². The van der Waals surface area contributed by atoms with Crippen molar-refractivity contribution in [1.82, 2.24) is 0 Å². The van der Waals surface area contributed by atoms with Crippen LogP contribution in [-0.4, -0.2) is 72.1 Å². The van der Waals surface area contributed by atoms with Crippen LogP contribution in [0.2, 0.25) is 0 Å². The van der Waals surface area contributed by atoms with Gasteiger partial charge in [0.15, 0.2) is 5.79 Å². The molecule has 0 N–H and O–H groups in total. The highest BCUT2D eigenvalue weighted by Gasteiger charge is 2.53. The van der Waals surface area contributed by atoms with Crippen molar-refractivity contribution >= 4 is 27.6 Å². The number of ether oxygens (including phenoxy) is 3. The van der Waals surface area contributed by atoms with E-state index in [-0.39, 0.29) is 18.6 Å². The predicted octanol–water partition coefficient (Wildman–Crippen LogP) is 2.11. The molecule has 3 fully saturated rings. The molecule has 0 bridgehead atoms. The Morgan fingerprint density at radius 3 is 2.58 bits per heavy atom. The summed E-state index contributed by atoms with van der Waals surface area (Å²) < 4.78 is 59.0. The van der Waals surface area contributed by atoms with Gasteiger partial charge in [-0.15, -0.1) is 0 Å². The van der Waals surface area contributed by atoms with Crippen molar-refractivity contribution in [1.29, 1.82) is 0 Å². The number of carbonyl (C=O) groups excluding carboxylic acids is 1. The number of cyclic esters (lactones) is 1. The van der Waals surface area contributed by atoms with Crippen LogP contribution in [0, 0.1) is 11.2 Å². The summed E-state index contributed by atoms with van der Waals surface area (Å²) in [7, 11) is -3.65. The van der Waals surface area contributed by atoms with Crippen LogP contribution in [0.4, 0.5) is 20.6 Å². The molecule has 9 nitrogen and oxygen atoms in total. The fourth-order valence-electron chi connectivity index (χ4n) is 4.43. The maximum absolute atomic E-state index is 15.1. The van der Waals surface area contributed by atoms with Gasteiger partial charge in [0.05, 0.1) is 37.4 Å². The van der Waals surface area contributed by atoms with Crippen molar-refractivity contribution in [2.75, 3.05) is 55.5 Å². The van der Waals surface area contributed by atoms with Crippen LogP contribution in [-0.2, 0) is 28.5 Å². The Balaban J connectivity index is 1.46. The van der Waals surface area contributed by atoms with E-state index in [1.165, 1.54) is 11.0 Å². The fraction of sp³-hybridized carbons (Fsp3) is 0.650. The average Bonchev–Trinajstić information content (AvgIpc) is 3.30. The third kappa shape index (κ3) is 4.36. The summed E-state index contributed by atoms with van der Waals surface area (Å²) in [5.74, 6) is -1.09. The molecule has 0 radical (unpaired) electrons. The van der Waals surface area contributed by atoms with Gasteiger partial charge in [-0.2, -0.15) is 8.42 Å². The number of halogens is 1. The fourth-order valence-corrected chi connectivity index (χ4v) is 4.83. The third-order valence-electron chi connectivity index (χ3n) is 6.01. The summed E-state index contributed by atoms with van der Waals surface area (Å²) in [6.07, 6.45) is 0.118. The first-order valence-corrected chi connectivity index (χ1v) is 12.0. The zero-order valence-corrected chi connectivity index (χ0v) is 18.6. The van der Waals surface area contributed by atoms with Crippen LogP contribution >= 0.6 is 0 Å². The van der Waals surface area contributed by atoms with Crippen molar-refractivity contribution in [3.05, 3.63) is 24.0 Å². The lowest BCUT2D eigenvalue weighted by molar-refractivity contribution is -0.235. The molecule has 1 spiro atoms. The van der Waals surface area contributed by atoms with Gasteiger partial charge in [0.25, 0.3) is 10.1 Å². The van der Waals surface area contributed by atoms with Crippen LogP contribution in [0.3, 0.4) is 0 Å². The molecule has 3 aliphatic heterocycles. The van der Waals surface area contributed by atoms with E-state index < -0.39 is 33.9 Å². The Hall–Kier alpha value is -1.95. The van der Waals surface area contributed by atoms with Crippen LogP contribution in [0.5, 0.6) is 0 Å². The number of piperidine rings is 1. The largest absolute Gasteiger partial charge is 0.441 e. The van der Waals surface area contributed by atoms with E-state index in [1.807, 2.05) is 4.90 Å². The van der Waals surface area contributed by atoms with E-state index >= 15 is 4.39 Å². The summed E-state index contributed by atoms with van der Waals surface area (Å²) in [5, 5.41) is 0. The summed E-state index contributed by atoms with van der Waals surface area (Å²) in [4.78, 5) is 15.4. The number of rotatable bonds is 5. The number of hydrogen-bond acceptors (Lipinski definition) is 8. The van der Waals surface area contributed by atoms with E-state index in [4.69, 9.17) is 18.4 Å². The Morgan fingerprint density at radius 1 is 1.26 bits per heavy atom. The van der Waals surface area contributed by atoms with Crippen LogP contribution in [0.25, 0.3) is 0 Å². The van der Waals surface area contributed by atoms with E-state index in [2.05, 4.69) is 13.8 Å². The molecule has 0 unspecified atom stereocenters. The van der Waals surface area contributed by atoms with E-state index in [0.717, 1.165) is 6.26 Å². The van der Waals surface area contributed by atoms with Gasteiger partial charge in [-0.25, -0.2) is 9.18 Å². The van der Waals surface area contributed by atoms with Crippen molar-refractivity contribution in [3.8, 4) is 0 Å². The predicted molar refractivity (Wildman–Crippen MR) is 110 cm³/mol. The van der Waals surface area contributed by atoms with Crippen LogP contribution in [0.1, 0.15) is 20.3 Å². The number of hydrogen-bond donors (Lipinski definition) is 0. The first-order valence-electron chi connectivity index (χ1n) is 10.1. The van der Waals surface area contributed by atoms with Gasteiger partial charge in [0, 0.05) is 24.9 Å². The standard InChI is InChI=1S/C20H27FN2O7S/c1-19(2)13-22(7-6-20(19)27-8-9-28-20)17-5-4-14(10-16(17)21)23-11-15(30-18(23)24)12-29-31(3,25)26/h4-5,10,15H,6-9,11-13H2,1-3H3/t15-/m1/s1. The highest BCUT2D eigenvalue weighted by Crippen LogP contribution is 2.46. The molecule has 172 valence electrons. The number of amides is 1. The number of benzene rings is 1. The third-order valence-corrected chi connectivity index (χ3v) is 6.57. The number of carbonyl (C=O) groups is 1. The van der Waals surface area contributed by atoms with Gasteiger partial charge in [-0.1, -0.05) is 13.8 Å². The average molecular weight is 459 g/mol. The molecule has 1 atom stereocenters. The zero-order valence-electron chi connectivity index (χ0n) is 17.8. The summed E-state index contributed by atoms with van der Waals surface area (Å²) >= 11 is 0. The Kier molecular flexibility index (Phi) is 5.65. The summed E-state index contributed by atoms with van der Waals surface area (Å²) in [6, 6.07) is 4.58. The topological polar surface area (TPSA) is 94.6 Å². The van der Waals surface area contributed by atoms with Crippen molar-refractivity contribution < 1.29 is 36.0 Å². The van der Waals surface area contributed by atoms with Gasteiger partial charge in [-0.05, 0) is 18.2 Å². The highest BCUT2D eigenvalue weighted by molar-refractivity contribution is 7.85. The zero-order chi connectivity index (χ0) is 22.4. The van der Waals surface area contributed by atoms with Gasteiger partial charge in [0.2, 0.25) is 0 Å². The molecule has 3 aliphatic rings. The lowest BCUT2D eigenvalue weighted by atomic mass is 9.77. The maximum Gasteiger partial charge on any atom is 0.414 e. The first-order chi connectivity index (χ1) is 14.5. The molecule has 0 aliphatic carbocycles. The maximum atomic E-state index is 15.1. The minimum Gasteiger partial charge on any atom is -0.441 e. The summed E-state index contributed by atoms with van der Waals surface area (Å²) in [6.45, 7) is 6.16. The second-order valence-electron chi connectivity index (χ2n) is 8.75. The second kappa shape index (κ2) is 7.88. The molecule has 1 amide bonds. The molecule has 11 heteroatoms. The monoisotopic (exact) mass is 458 g/mol. The number of anilines is 2. The molecular weight excluding hydrogens is 431 g/mol. The van der Waals surface area contributed by atoms with Crippen molar-refractivity contribution in [3.63, 3.8) is 0 Å². The lowest BCUT2D eigenvalue weighted by Crippen LogP contribution is -2.58. The van der Waals surface area contributed by atoms with E-state index in [0.29, 0.717) is 44.1 Å². The Labute approximate surface area is 181 Å². The molecule has 31 heavy (non-hydrogen) atoms. The molecule has 3 heterocycles. The van der Waals surface area contributed by atoms with Crippen molar-refractivity contribution in [2.24, 2.45) is 5.41 Å². The molecule has 3 saturated heterocycles. The minimum atomic E-state index is -3.65. The summed E-state index contributed by atoms with van der Waals surface area (Å²) in [5.41, 5.74) is 0.441. The molecule has 0 saturated carbocycles. The second-order valence-corrected chi connectivity index (χ2v) is 10.4. The van der Waals surface area contributed by atoms with Crippen LogP contribution in [0.15, 0.2) is 18.2 Å². The lowest BCUT2D eigenvalue weighted by Gasteiger charge is -2.50. The SMILES string of the molecule is CC1(C)CN(c2ccc(N3C[C@H](COS(C)(=O)=O)OC3=O)cc2F)CCC12OCCO2. The van der Waals surface area contributed by atoms with Gasteiger partial charge >= 0.3 is 6.09 Å². The molecule has 0 aromatic heterocycles. The van der Waals surface area contributed by atoms with Crippen molar-refractivity contribution in [2.45, 2.75) is 32.2 Å². The highest BCUT2D eigenvalue weighted by atomic mass is 32.2. The quantitative estimate of drug-likeness (QED) is 0.620. The van der Waals surface area contributed by atoms with Gasteiger partial charge < -0.3 is 19.1 Å². The molecule has 1 aromatic carbocycles. The van der Waals surface area contributed by atoms with E-state index in [9.17, 15) is 13.2 Å².